The molecule has 3 heteroatoms. The van der Waals surface area contributed by atoms with Crippen molar-refractivity contribution >= 4 is 11.8 Å². The fraction of sp³-hybridized carbons (Fsp3) is 0.571. The van der Waals surface area contributed by atoms with Crippen LogP contribution in [-0.4, -0.2) is 25.0 Å². The van der Waals surface area contributed by atoms with Crippen LogP contribution in [0.1, 0.15) is 25.3 Å². The van der Waals surface area contributed by atoms with E-state index in [1.54, 1.807) is 11.8 Å². The van der Waals surface area contributed by atoms with Crippen molar-refractivity contribution in [2.45, 2.75) is 43.4 Å². The standard InChI is InChI=1S/C14H21NOS/c1-11(14-4-3-9-16-14)15-10-12-5-7-13(17-2)8-6-12/h5-8,11,14-15H,3-4,9-10H2,1-2H3. The van der Waals surface area contributed by atoms with Gasteiger partial charge in [-0.25, -0.2) is 0 Å². The van der Waals surface area contributed by atoms with Gasteiger partial charge in [0, 0.05) is 24.1 Å². The van der Waals surface area contributed by atoms with Gasteiger partial charge in [0.2, 0.25) is 0 Å². The lowest BCUT2D eigenvalue weighted by Crippen LogP contribution is -2.36. The highest BCUT2D eigenvalue weighted by Crippen LogP contribution is 2.17. The van der Waals surface area contributed by atoms with Crippen LogP contribution in [0, 0.1) is 0 Å². The Morgan fingerprint density at radius 1 is 1.41 bits per heavy atom. The third-order valence-corrected chi connectivity index (χ3v) is 4.05. The first kappa shape index (κ1) is 12.9. The van der Waals surface area contributed by atoms with E-state index in [1.165, 1.54) is 23.3 Å². The second kappa shape index (κ2) is 6.43. The van der Waals surface area contributed by atoms with Gasteiger partial charge >= 0.3 is 0 Å². The SMILES string of the molecule is CSc1ccc(CNC(C)C2CCCO2)cc1. The minimum atomic E-state index is 0.403. The summed E-state index contributed by atoms with van der Waals surface area (Å²) in [5.74, 6) is 0. The van der Waals surface area contributed by atoms with Gasteiger partial charge in [0.05, 0.1) is 6.10 Å². The van der Waals surface area contributed by atoms with Crippen LogP contribution < -0.4 is 5.32 Å². The predicted octanol–water partition coefficient (Wildman–Crippen LogP) is 3.07. The quantitative estimate of drug-likeness (QED) is 0.813. The minimum Gasteiger partial charge on any atom is -0.377 e. The van der Waals surface area contributed by atoms with Crippen molar-refractivity contribution in [3.8, 4) is 0 Å². The van der Waals surface area contributed by atoms with E-state index in [2.05, 4.69) is 42.8 Å². The Morgan fingerprint density at radius 3 is 2.76 bits per heavy atom. The molecule has 2 unspecified atom stereocenters. The molecule has 94 valence electrons. The zero-order chi connectivity index (χ0) is 12.1. The molecule has 1 aromatic rings. The zero-order valence-corrected chi connectivity index (χ0v) is 11.4. The predicted molar refractivity (Wildman–Crippen MR) is 73.5 cm³/mol. The maximum atomic E-state index is 5.67. The molecule has 0 amide bonds. The summed E-state index contributed by atoms with van der Waals surface area (Å²) in [7, 11) is 0. The second-order valence-electron chi connectivity index (χ2n) is 4.57. The van der Waals surface area contributed by atoms with Crippen LogP contribution >= 0.6 is 11.8 Å². The third-order valence-electron chi connectivity index (χ3n) is 3.31. The number of benzene rings is 1. The summed E-state index contributed by atoms with van der Waals surface area (Å²) in [6.45, 7) is 4.07. The van der Waals surface area contributed by atoms with Gasteiger partial charge in [0.25, 0.3) is 0 Å². The van der Waals surface area contributed by atoms with Crippen molar-refractivity contribution in [2.24, 2.45) is 0 Å². The molecule has 2 nitrogen and oxygen atoms in total. The molecule has 17 heavy (non-hydrogen) atoms. The van der Waals surface area contributed by atoms with Gasteiger partial charge in [-0.2, -0.15) is 0 Å². The molecule has 1 fully saturated rings. The molecule has 0 spiro atoms. The van der Waals surface area contributed by atoms with E-state index in [9.17, 15) is 0 Å². The Morgan fingerprint density at radius 2 is 2.18 bits per heavy atom. The summed E-state index contributed by atoms with van der Waals surface area (Å²) in [5, 5.41) is 3.55. The summed E-state index contributed by atoms with van der Waals surface area (Å²) in [5.41, 5.74) is 1.34. The van der Waals surface area contributed by atoms with E-state index in [4.69, 9.17) is 4.74 Å². The fourth-order valence-electron chi connectivity index (χ4n) is 2.15. The average molecular weight is 251 g/mol. The molecule has 1 saturated heterocycles. The monoisotopic (exact) mass is 251 g/mol. The molecule has 1 heterocycles. The van der Waals surface area contributed by atoms with E-state index in [1.807, 2.05) is 0 Å². The molecule has 1 aromatic carbocycles. The molecule has 2 rings (SSSR count). The number of thioether (sulfide) groups is 1. The highest BCUT2D eigenvalue weighted by atomic mass is 32.2. The largest absolute Gasteiger partial charge is 0.377 e. The maximum Gasteiger partial charge on any atom is 0.0726 e. The van der Waals surface area contributed by atoms with Crippen LogP contribution in [0.3, 0.4) is 0 Å². The van der Waals surface area contributed by atoms with Crippen LogP contribution in [0.2, 0.25) is 0 Å². The Balaban J connectivity index is 1.80. The molecule has 0 aliphatic carbocycles. The summed E-state index contributed by atoms with van der Waals surface area (Å²) < 4.78 is 5.67. The first-order chi connectivity index (χ1) is 8.29. The van der Waals surface area contributed by atoms with Crippen molar-refractivity contribution in [1.82, 2.24) is 5.32 Å². The summed E-state index contributed by atoms with van der Waals surface area (Å²) in [6, 6.07) is 9.19. The summed E-state index contributed by atoms with van der Waals surface area (Å²) >= 11 is 1.78. The first-order valence-corrected chi connectivity index (χ1v) is 7.50. The third kappa shape index (κ3) is 3.73. The Hall–Kier alpha value is -0.510. The molecule has 0 aromatic heterocycles. The van der Waals surface area contributed by atoms with Gasteiger partial charge in [-0.05, 0) is 43.7 Å². The van der Waals surface area contributed by atoms with E-state index < -0.39 is 0 Å². The molecule has 1 aliphatic heterocycles. The molecule has 1 N–H and O–H groups in total. The molecule has 0 bridgehead atoms. The van der Waals surface area contributed by atoms with Gasteiger partial charge in [-0.1, -0.05) is 12.1 Å². The molecular weight excluding hydrogens is 230 g/mol. The lowest BCUT2D eigenvalue weighted by atomic mass is 10.1. The summed E-state index contributed by atoms with van der Waals surface area (Å²) in [4.78, 5) is 1.32. The van der Waals surface area contributed by atoms with Crippen LogP contribution in [0.15, 0.2) is 29.2 Å². The van der Waals surface area contributed by atoms with E-state index in [0.717, 1.165) is 13.2 Å². The number of hydrogen-bond donors (Lipinski definition) is 1. The zero-order valence-electron chi connectivity index (χ0n) is 10.6. The van der Waals surface area contributed by atoms with E-state index >= 15 is 0 Å². The number of hydrogen-bond acceptors (Lipinski definition) is 3. The number of ether oxygens (including phenoxy) is 1. The molecule has 1 aliphatic rings. The van der Waals surface area contributed by atoms with Gasteiger partial charge in [-0.15, -0.1) is 11.8 Å². The topological polar surface area (TPSA) is 21.3 Å². The normalized spacial score (nSPS) is 21.6. The number of nitrogens with one attached hydrogen (secondary N) is 1. The Bertz CT molecular complexity index is 333. The van der Waals surface area contributed by atoms with E-state index in [-0.39, 0.29) is 0 Å². The first-order valence-electron chi connectivity index (χ1n) is 6.27. The van der Waals surface area contributed by atoms with Crippen LogP contribution in [0.25, 0.3) is 0 Å². The van der Waals surface area contributed by atoms with Gasteiger partial charge in [0.15, 0.2) is 0 Å². The van der Waals surface area contributed by atoms with E-state index in [0.29, 0.717) is 12.1 Å². The average Bonchev–Trinajstić information content (AvgIpc) is 2.90. The Kier molecular flexibility index (Phi) is 4.89. The smallest absolute Gasteiger partial charge is 0.0726 e. The van der Waals surface area contributed by atoms with Crippen molar-refractivity contribution in [1.29, 1.82) is 0 Å². The van der Waals surface area contributed by atoms with Crippen LogP contribution in [0.4, 0.5) is 0 Å². The highest BCUT2D eigenvalue weighted by molar-refractivity contribution is 7.98. The van der Waals surface area contributed by atoms with Crippen LogP contribution in [0.5, 0.6) is 0 Å². The van der Waals surface area contributed by atoms with Crippen molar-refractivity contribution in [3.63, 3.8) is 0 Å². The van der Waals surface area contributed by atoms with Crippen LogP contribution in [-0.2, 0) is 11.3 Å². The minimum absolute atomic E-state index is 0.403. The van der Waals surface area contributed by atoms with Crippen molar-refractivity contribution in [3.05, 3.63) is 29.8 Å². The van der Waals surface area contributed by atoms with Gasteiger partial charge < -0.3 is 10.1 Å². The van der Waals surface area contributed by atoms with Gasteiger partial charge in [-0.3, -0.25) is 0 Å². The number of rotatable bonds is 5. The Labute approximate surface area is 108 Å². The fourth-order valence-corrected chi connectivity index (χ4v) is 2.56. The summed E-state index contributed by atoms with van der Waals surface area (Å²) in [6.07, 6.45) is 4.91. The molecular formula is C14H21NOS. The molecule has 0 saturated carbocycles. The molecule has 0 radical (unpaired) electrons. The lowest BCUT2D eigenvalue weighted by Gasteiger charge is -2.20. The lowest BCUT2D eigenvalue weighted by molar-refractivity contribution is 0.0832. The van der Waals surface area contributed by atoms with Crippen molar-refractivity contribution in [2.75, 3.05) is 12.9 Å². The maximum absolute atomic E-state index is 5.67. The highest BCUT2D eigenvalue weighted by Gasteiger charge is 2.21. The second-order valence-corrected chi connectivity index (χ2v) is 5.45. The van der Waals surface area contributed by atoms with Gasteiger partial charge in [0.1, 0.15) is 0 Å². The molecule has 2 atom stereocenters. The van der Waals surface area contributed by atoms with Crippen molar-refractivity contribution < 1.29 is 4.74 Å².